The summed E-state index contributed by atoms with van der Waals surface area (Å²) in [5, 5.41) is 16.4. The van der Waals surface area contributed by atoms with Crippen molar-refractivity contribution in [2.45, 2.75) is 42.7 Å². The highest BCUT2D eigenvalue weighted by Crippen LogP contribution is 2.35. The Hall–Kier alpha value is -5.57. The second-order valence-corrected chi connectivity index (χ2v) is 18.6. The molecule has 6 N–H and O–H groups in total. The van der Waals surface area contributed by atoms with Crippen molar-refractivity contribution in [2.24, 2.45) is 5.73 Å². The Bertz CT molecular complexity index is 2320. The summed E-state index contributed by atoms with van der Waals surface area (Å²) in [6.07, 6.45) is 1.22. The molecule has 4 heterocycles. The van der Waals surface area contributed by atoms with Crippen molar-refractivity contribution in [1.82, 2.24) is 25.5 Å². The molecular weight excluding hydrogens is 941 g/mol. The first-order chi connectivity index (χ1) is 32.7. The number of anilines is 2. The highest BCUT2D eigenvalue weighted by atomic mass is 32.2. The molecule has 2 aromatic heterocycles. The van der Waals surface area contributed by atoms with Gasteiger partial charge in [0.1, 0.15) is 35.1 Å². The fraction of sp³-hybridized carbons (Fsp3) is 0.512. The molecule has 5 rings (SSSR count). The van der Waals surface area contributed by atoms with E-state index in [2.05, 4.69) is 25.9 Å². The van der Waals surface area contributed by atoms with Crippen molar-refractivity contribution >= 4 is 62.8 Å². The number of aliphatic carboxylic acids is 1. The average Bonchev–Trinajstić information content (AvgIpc) is 3.56. The van der Waals surface area contributed by atoms with Crippen LogP contribution in [0.1, 0.15) is 31.2 Å². The molecule has 1 saturated heterocycles. The number of hydrogen-bond donors (Lipinski definition) is 5. The second-order valence-electron chi connectivity index (χ2n) is 15.2. The summed E-state index contributed by atoms with van der Waals surface area (Å²) in [6.45, 7) is 2.21. The number of carbonyl (C=O) groups is 5. The molecular formula is C43H55F2N7O14S2. The van der Waals surface area contributed by atoms with Crippen LogP contribution in [0.3, 0.4) is 0 Å². The molecule has 0 spiro atoms. The number of fused-ring (bicyclic) bond motifs is 6. The largest absolute Gasteiger partial charge is 0.493 e. The number of nitrogens with two attached hydrogens (primary N) is 1. The van der Waals surface area contributed by atoms with Gasteiger partial charge in [-0.05, 0) is 29.8 Å². The van der Waals surface area contributed by atoms with E-state index >= 15 is 0 Å². The normalized spacial score (nSPS) is 15.3. The van der Waals surface area contributed by atoms with Gasteiger partial charge in [-0.3, -0.25) is 28.9 Å². The SMILES string of the molecule is N[C@@H](CSC1CC(=O)N(CCC(=O)NCCOCCOCCOCCOCCC(=O)NCCS(=O)(=O)Cc2cc3nc(c2)OCCCOc2cc(F)ccc2-c2cc(ncc2F)N3)C1=O)C(=O)O. The van der Waals surface area contributed by atoms with Crippen LogP contribution in [0, 0.1) is 11.6 Å². The van der Waals surface area contributed by atoms with E-state index in [-0.39, 0.29) is 150 Å². The van der Waals surface area contributed by atoms with E-state index < -0.39 is 50.5 Å². The van der Waals surface area contributed by atoms with Gasteiger partial charge in [-0.15, -0.1) is 11.8 Å². The number of sulfone groups is 1. The van der Waals surface area contributed by atoms with E-state index in [0.717, 1.165) is 22.9 Å². The minimum Gasteiger partial charge on any atom is -0.493 e. The van der Waals surface area contributed by atoms with Gasteiger partial charge < -0.3 is 55.2 Å². The van der Waals surface area contributed by atoms with E-state index in [1.165, 1.54) is 36.4 Å². The molecule has 68 heavy (non-hydrogen) atoms. The van der Waals surface area contributed by atoms with Crippen LogP contribution in [-0.4, -0.2) is 166 Å². The van der Waals surface area contributed by atoms with Crippen LogP contribution in [0.5, 0.6) is 11.6 Å². The smallest absolute Gasteiger partial charge is 0.321 e. The van der Waals surface area contributed by atoms with E-state index in [9.17, 15) is 41.2 Å². The Morgan fingerprint density at radius 2 is 1.56 bits per heavy atom. The molecule has 2 aliphatic rings. The van der Waals surface area contributed by atoms with Gasteiger partial charge in [-0.1, -0.05) is 0 Å². The quantitative estimate of drug-likeness (QED) is 0.0535. The fourth-order valence-corrected chi connectivity index (χ4v) is 8.79. The highest BCUT2D eigenvalue weighted by molar-refractivity contribution is 8.00. The average molecular weight is 996 g/mol. The van der Waals surface area contributed by atoms with Crippen molar-refractivity contribution in [1.29, 1.82) is 0 Å². The summed E-state index contributed by atoms with van der Waals surface area (Å²) >= 11 is 1.01. The minimum atomic E-state index is -3.72. The predicted octanol–water partition coefficient (Wildman–Crippen LogP) is 1.59. The molecule has 25 heteroatoms. The van der Waals surface area contributed by atoms with E-state index in [0.29, 0.717) is 30.8 Å². The summed E-state index contributed by atoms with van der Waals surface area (Å²) < 4.78 is 88.4. The molecule has 4 bridgehead atoms. The van der Waals surface area contributed by atoms with Crippen molar-refractivity contribution in [2.75, 3.05) is 103 Å². The lowest BCUT2D eigenvalue weighted by Crippen LogP contribution is -2.37. The van der Waals surface area contributed by atoms with Crippen molar-refractivity contribution in [3.63, 3.8) is 0 Å². The minimum absolute atomic E-state index is 0.00889. The number of aromatic nitrogens is 2. The first kappa shape index (κ1) is 53.4. The Balaban J connectivity index is 0.872. The number of carboxylic acids is 1. The molecule has 0 saturated carbocycles. The van der Waals surface area contributed by atoms with Crippen LogP contribution < -0.4 is 31.2 Å². The topological polar surface area (TPSA) is 286 Å². The lowest BCUT2D eigenvalue weighted by Gasteiger charge is -2.16. The number of ether oxygens (including phenoxy) is 6. The van der Waals surface area contributed by atoms with Crippen LogP contribution in [0.2, 0.25) is 0 Å². The first-order valence-electron chi connectivity index (χ1n) is 21.7. The Kier molecular flexibility index (Phi) is 21.5. The number of halogens is 2. The molecule has 372 valence electrons. The van der Waals surface area contributed by atoms with Crippen LogP contribution in [0.15, 0.2) is 42.6 Å². The molecule has 3 aromatic rings. The molecule has 21 nitrogen and oxygen atoms in total. The van der Waals surface area contributed by atoms with Gasteiger partial charge in [0.05, 0.1) is 89.0 Å². The standard InChI is InChI=1S/C43H55F2N7O14S2/c44-29-2-3-30-31-23-36(49-25-32(31)45)50-37-20-28(21-40(51-37)66-10-1-9-65-34(30)22-29)27-68(59,60)19-7-48-39(54)5-11-61-13-15-63-17-18-64-16-14-62-12-6-47-38(53)4-8-52-41(55)24-35(42(52)56)67-26-33(46)43(57)58/h2-3,20-23,25,33,35H,1,4-19,24,26-27,46H2,(H,47,53)(H,48,54)(H,57,58)(H,49,50,51)/t33-,35?/m0/s1. The number of thioether (sulfide) groups is 1. The second kappa shape index (κ2) is 27.4. The van der Waals surface area contributed by atoms with Gasteiger partial charge in [0, 0.05) is 74.3 Å². The van der Waals surface area contributed by atoms with Crippen molar-refractivity contribution < 1.29 is 74.7 Å². The third-order valence-corrected chi connectivity index (χ3v) is 12.8. The predicted molar refractivity (Wildman–Crippen MR) is 242 cm³/mol. The first-order valence-corrected chi connectivity index (χ1v) is 24.5. The monoisotopic (exact) mass is 995 g/mol. The number of imide groups is 1. The zero-order valence-electron chi connectivity index (χ0n) is 37.1. The fourth-order valence-electron chi connectivity index (χ4n) is 6.44. The van der Waals surface area contributed by atoms with Crippen LogP contribution in [-0.2, 0) is 58.5 Å². The number of carbonyl (C=O) groups excluding carboxylic acids is 4. The number of carboxylic acid groups (broad SMARTS) is 1. The third kappa shape index (κ3) is 18.2. The number of likely N-dealkylation sites (tertiary alicyclic amines) is 1. The van der Waals surface area contributed by atoms with Gasteiger partial charge in [0.15, 0.2) is 9.84 Å². The van der Waals surface area contributed by atoms with Crippen molar-refractivity contribution in [3.05, 3.63) is 59.8 Å². The lowest BCUT2D eigenvalue weighted by atomic mass is 10.0. The maximum absolute atomic E-state index is 14.9. The number of pyridine rings is 2. The molecule has 2 aliphatic heterocycles. The van der Waals surface area contributed by atoms with E-state index in [4.69, 9.17) is 39.3 Å². The summed E-state index contributed by atoms with van der Waals surface area (Å²) in [4.78, 5) is 69.5. The number of benzene rings is 1. The molecule has 4 amide bonds. The number of rotatable bonds is 27. The Morgan fingerprint density at radius 3 is 2.29 bits per heavy atom. The maximum atomic E-state index is 14.9. The molecule has 0 aliphatic carbocycles. The van der Waals surface area contributed by atoms with E-state index in [1.807, 2.05) is 0 Å². The zero-order chi connectivity index (χ0) is 48.9. The molecule has 1 unspecified atom stereocenters. The maximum Gasteiger partial charge on any atom is 0.321 e. The van der Waals surface area contributed by atoms with Gasteiger partial charge in [0.25, 0.3) is 0 Å². The number of nitrogens with zero attached hydrogens (tertiary/aromatic N) is 3. The summed E-state index contributed by atoms with van der Waals surface area (Å²) in [5.41, 5.74) is 6.24. The Morgan fingerprint density at radius 1 is 0.882 bits per heavy atom. The van der Waals surface area contributed by atoms with Gasteiger partial charge in [0.2, 0.25) is 29.5 Å². The zero-order valence-corrected chi connectivity index (χ0v) is 38.7. The van der Waals surface area contributed by atoms with Crippen molar-refractivity contribution in [3.8, 4) is 22.8 Å². The molecule has 1 fully saturated rings. The number of nitrogens with one attached hydrogen (secondary N) is 3. The molecule has 2 atom stereocenters. The highest BCUT2D eigenvalue weighted by Gasteiger charge is 2.39. The lowest BCUT2D eigenvalue weighted by molar-refractivity contribution is -0.139. The van der Waals surface area contributed by atoms with Crippen LogP contribution in [0.4, 0.5) is 20.4 Å². The van der Waals surface area contributed by atoms with E-state index in [1.54, 1.807) is 0 Å². The summed E-state index contributed by atoms with van der Waals surface area (Å²) in [6, 6.07) is 7.05. The van der Waals surface area contributed by atoms with Crippen LogP contribution in [0.25, 0.3) is 11.1 Å². The molecule has 0 radical (unpaired) electrons. The third-order valence-electron chi connectivity index (χ3n) is 9.84. The number of hydrogen-bond acceptors (Lipinski definition) is 18. The summed E-state index contributed by atoms with van der Waals surface area (Å²) in [5.74, 6) is -4.10. The summed E-state index contributed by atoms with van der Waals surface area (Å²) in [7, 11) is -3.72. The van der Waals surface area contributed by atoms with Gasteiger partial charge >= 0.3 is 5.97 Å². The van der Waals surface area contributed by atoms with Gasteiger partial charge in [-0.25, -0.2) is 22.2 Å². The Labute approximate surface area is 395 Å². The van der Waals surface area contributed by atoms with Gasteiger partial charge in [-0.2, -0.15) is 4.98 Å². The number of amides is 4. The van der Waals surface area contributed by atoms with Crippen LogP contribution >= 0.6 is 11.8 Å². The molecule has 1 aromatic carbocycles.